The molecular weight excluding hydrogens is 190 g/mol. The zero-order chi connectivity index (χ0) is 10.9. The van der Waals surface area contributed by atoms with Gasteiger partial charge in [0.25, 0.3) is 0 Å². The van der Waals surface area contributed by atoms with Crippen molar-refractivity contribution in [3.63, 3.8) is 0 Å². The molecule has 0 spiro atoms. The van der Waals surface area contributed by atoms with Gasteiger partial charge in [0.05, 0.1) is 5.60 Å². The number of aliphatic hydroxyl groups excluding tert-OH is 1. The minimum absolute atomic E-state index is 0.0419. The predicted octanol–water partition coefficient (Wildman–Crippen LogP) is 1.26. The second-order valence-electron chi connectivity index (χ2n) is 5.59. The van der Waals surface area contributed by atoms with Crippen LogP contribution in [0.4, 0.5) is 0 Å². The van der Waals surface area contributed by atoms with Gasteiger partial charge in [-0.1, -0.05) is 0 Å². The Morgan fingerprint density at radius 2 is 2.20 bits per heavy atom. The molecule has 2 aliphatic rings. The number of nitrogens with zero attached hydrogens (tertiary/aromatic N) is 1. The summed E-state index contributed by atoms with van der Waals surface area (Å²) < 4.78 is 5.73. The van der Waals surface area contributed by atoms with E-state index in [1.165, 1.54) is 0 Å². The molecule has 88 valence electrons. The molecule has 0 saturated carbocycles. The molecule has 2 atom stereocenters. The van der Waals surface area contributed by atoms with Crippen molar-refractivity contribution in [2.24, 2.45) is 5.92 Å². The van der Waals surface area contributed by atoms with Crippen LogP contribution in [0.25, 0.3) is 0 Å². The van der Waals surface area contributed by atoms with Crippen molar-refractivity contribution >= 4 is 0 Å². The first-order valence-corrected chi connectivity index (χ1v) is 6.09. The van der Waals surface area contributed by atoms with Crippen molar-refractivity contribution in [3.05, 3.63) is 0 Å². The molecule has 3 heteroatoms. The van der Waals surface area contributed by atoms with E-state index in [2.05, 4.69) is 18.7 Å². The molecule has 2 unspecified atom stereocenters. The lowest BCUT2D eigenvalue weighted by Gasteiger charge is -2.39. The Bertz CT molecular complexity index is 218. The van der Waals surface area contributed by atoms with Gasteiger partial charge in [-0.15, -0.1) is 0 Å². The van der Waals surface area contributed by atoms with E-state index in [-0.39, 0.29) is 5.60 Å². The maximum absolute atomic E-state index is 9.13. The van der Waals surface area contributed by atoms with Gasteiger partial charge in [-0.2, -0.15) is 0 Å². The average molecular weight is 213 g/mol. The molecule has 2 heterocycles. The number of hydrogen-bond acceptors (Lipinski definition) is 3. The number of hydrogen-bond donors (Lipinski definition) is 1. The van der Waals surface area contributed by atoms with Gasteiger partial charge in [0.1, 0.15) is 0 Å². The van der Waals surface area contributed by atoms with E-state index in [9.17, 15) is 0 Å². The van der Waals surface area contributed by atoms with Gasteiger partial charge < -0.3 is 9.84 Å². The minimum Gasteiger partial charge on any atom is -0.396 e. The number of aliphatic hydroxyl groups is 1. The van der Waals surface area contributed by atoms with Crippen LogP contribution in [0.3, 0.4) is 0 Å². The maximum atomic E-state index is 9.13. The molecule has 0 aromatic carbocycles. The quantitative estimate of drug-likeness (QED) is 0.749. The Morgan fingerprint density at radius 1 is 1.40 bits per heavy atom. The molecule has 0 aliphatic carbocycles. The van der Waals surface area contributed by atoms with Crippen molar-refractivity contribution < 1.29 is 9.84 Å². The smallest absolute Gasteiger partial charge is 0.0641 e. The summed E-state index contributed by atoms with van der Waals surface area (Å²) in [5.41, 5.74) is 0.0419. The molecule has 0 bridgehead atoms. The lowest BCUT2D eigenvalue weighted by atomic mass is 9.93. The van der Waals surface area contributed by atoms with Crippen LogP contribution in [-0.2, 0) is 4.74 Å². The maximum Gasteiger partial charge on any atom is 0.0641 e. The van der Waals surface area contributed by atoms with Crippen LogP contribution in [0.1, 0.15) is 33.1 Å². The third-order valence-corrected chi connectivity index (χ3v) is 3.76. The summed E-state index contributed by atoms with van der Waals surface area (Å²) in [6, 6.07) is 0.672. The molecule has 1 N–H and O–H groups in total. The third-order valence-electron chi connectivity index (χ3n) is 3.76. The highest BCUT2D eigenvalue weighted by Gasteiger charge is 2.35. The van der Waals surface area contributed by atoms with Gasteiger partial charge in [0, 0.05) is 25.8 Å². The molecule has 2 aliphatic heterocycles. The summed E-state index contributed by atoms with van der Waals surface area (Å²) in [6.07, 6.45) is 3.45. The molecule has 0 aromatic heterocycles. The van der Waals surface area contributed by atoms with Gasteiger partial charge in [-0.25, -0.2) is 0 Å². The van der Waals surface area contributed by atoms with Crippen molar-refractivity contribution in [1.82, 2.24) is 4.90 Å². The van der Waals surface area contributed by atoms with Crippen LogP contribution in [0.15, 0.2) is 0 Å². The van der Waals surface area contributed by atoms with E-state index in [0.717, 1.165) is 39.0 Å². The van der Waals surface area contributed by atoms with Gasteiger partial charge in [0.15, 0.2) is 0 Å². The normalized spacial score (nSPS) is 37.0. The predicted molar refractivity (Wildman–Crippen MR) is 59.8 cm³/mol. The lowest BCUT2D eigenvalue weighted by molar-refractivity contribution is -0.0808. The highest BCUT2D eigenvalue weighted by Crippen LogP contribution is 2.30. The van der Waals surface area contributed by atoms with E-state index in [1.54, 1.807) is 0 Å². The van der Waals surface area contributed by atoms with Crippen molar-refractivity contribution in [3.8, 4) is 0 Å². The second kappa shape index (κ2) is 4.40. The zero-order valence-electron chi connectivity index (χ0n) is 9.91. The van der Waals surface area contributed by atoms with Crippen LogP contribution in [-0.4, -0.2) is 48.0 Å². The monoisotopic (exact) mass is 213 g/mol. The standard InChI is InChI=1S/C12H23NO2/c1-12(2)7-11(4-6-15-12)13-5-3-10(8-13)9-14/h10-11,14H,3-9H2,1-2H3. The summed E-state index contributed by atoms with van der Waals surface area (Å²) in [4.78, 5) is 2.55. The summed E-state index contributed by atoms with van der Waals surface area (Å²) in [6.45, 7) is 7.84. The lowest BCUT2D eigenvalue weighted by Crippen LogP contribution is -2.45. The average Bonchev–Trinajstić information content (AvgIpc) is 2.64. The van der Waals surface area contributed by atoms with E-state index < -0.39 is 0 Å². The van der Waals surface area contributed by atoms with Gasteiger partial charge in [-0.3, -0.25) is 4.90 Å². The Kier molecular flexibility index (Phi) is 3.33. The van der Waals surface area contributed by atoms with Crippen molar-refractivity contribution in [2.75, 3.05) is 26.3 Å². The summed E-state index contributed by atoms with van der Waals surface area (Å²) in [7, 11) is 0. The Hall–Kier alpha value is -0.120. The number of ether oxygens (including phenoxy) is 1. The Labute approximate surface area is 92.4 Å². The van der Waals surface area contributed by atoms with Crippen LogP contribution in [0, 0.1) is 5.92 Å². The third kappa shape index (κ3) is 2.71. The highest BCUT2D eigenvalue weighted by molar-refractivity contribution is 4.88. The molecular formula is C12H23NO2. The SMILES string of the molecule is CC1(C)CC(N2CCC(CO)C2)CCO1. The minimum atomic E-state index is 0.0419. The van der Waals surface area contributed by atoms with Crippen LogP contribution in [0.5, 0.6) is 0 Å². The highest BCUT2D eigenvalue weighted by atomic mass is 16.5. The molecule has 3 nitrogen and oxygen atoms in total. The zero-order valence-corrected chi connectivity index (χ0v) is 9.91. The van der Waals surface area contributed by atoms with E-state index in [1.807, 2.05) is 0 Å². The molecule has 0 amide bonds. The molecule has 2 fully saturated rings. The first kappa shape index (κ1) is 11.4. The summed E-state index contributed by atoms with van der Waals surface area (Å²) >= 11 is 0. The second-order valence-corrected chi connectivity index (χ2v) is 5.59. The fraction of sp³-hybridized carbons (Fsp3) is 1.00. The van der Waals surface area contributed by atoms with Gasteiger partial charge in [-0.05, 0) is 45.6 Å². The molecule has 0 aromatic rings. The molecule has 2 rings (SSSR count). The van der Waals surface area contributed by atoms with Gasteiger partial charge >= 0.3 is 0 Å². The first-order chi connectivity index (χ1) is 7.11. The molecule has 15 heavy (non-hydrogen) atoms. The summed E-state index contributed by atoms with van der Waals surface area (Å²) in [5.74, 6) is 0.510. The topological polar surface area (TPSA) is 32.7 Å². The fourth-order valence-corrected chi connectivity index (χ4v) is 2.85. The Balaban J connectivity index is 1.88. The number of rotatable bonds is 2. The largest absolute Gasteiger partial charge is 0.396 e. The fourth-order valence-electron chi connectivity index (χ4n) is 2.85. The van der Waals surface area contributed by atoms with Crippen molar-refractivity contribution in [1.29, 1.82) is 0 Å². The van der Waals surface area contributed by atoms with Crippen LogP contribution < -0.4 is 0 Å². The van der Waals surface area contributed by atoms with Gasteiger partial charge in [0.2, 0.25) is 0 Å². The van der Waals surface area contributed by atoms with E-state index in [4.69, 9.17) is 9.84 Å². The van der Waals surface area contributed by atoms with E-state index in [0.29, 0.717) is 18.6 Å². The van der Waals surface area contributed by atoms with E-state index >= 15 is 0 Å². The van der Waals surface area contributed by atoms with Crippen LogP contribution >= 0.6 is 0 Å². The molecule has 0 radical (unpaired) electrons. The summed E-state index contributed by atoms with van der Waals surface area (Å²) in [5, 5.41) is 9.13. The van der Waals surface area contributed by atoms with Crippen molar-refractivity contribution in [2.45, 2.75) is 44.8 Å². The van der Waals surface area contributed by atoms with Crippen LogP contribution in [0.2, 0.25) is 0 Å². The molecule has 2 saturated heterocycles. The number of likely N-dealkylation sites (tertiary alicyclic amines) is 1. The Morgan fingerprint density at radius 3 is 2.80 bits per heavy atom. The first-order valence-electron chi connectivity index (χ1n) is 6.09.